The molecule has 3 saturated carbocycles. The third-order valence-corrected chi connectivity index (χ3v) is 8.26. The van der Waals surface area contributed by atoms with E-state index in [1.807, 2.05) is 0 Å². The largest absolute Gasteiger partial charge is 0.393 e. The molecule has 3 rings (SSSR count). The minimum Gasteiger partial charge on any atom is -0.393 e. The van der Waals surface area contributed by atoms with Gasteiger partial charge in [0.25, 0.3) is 0 Å². The summed E-state index contributed by atoms with van der Waals surface area (Å²) in [6.07, 6.45) is 20.0. The van der Waals surface area contributed by atoms with E-state index in [9.17, 15) is 5.11 Å². The lowest BCUT2D eigenvalue weighted by molar-refractivity contribution is 0.137. The number of aliphatic hydroxyl groups is 1. The fraction of sp³-hybridized carbons (Fsp3) is 0.704. The zero-order valence-corrected chi connectivity index (χ0v) is 18.7. The van der Waals surface area contributed by atoms with Crippen LogP contribution >= 0.6 is 0 Å². The molecule has 0 saturated heterocycles. The highest BCUT2D eigenvalue weighted by molar-refractivity contribution is 5.36. The van der Waals surface area contributed by atoms with Gasteiger partial charge in [-0.3, -0.25) is 0 Å². The normalized spacial score (nSPS) is 37.9. The molecule has 1 nitrogen and oxygen atoms in total. The van der Waals surface area contributed by atoms with E-state index >= 15 is 0 Å². The predicted octanol–water partition coefficient (Wildman–Crippen LogP) is 7.40. The van der Waals surface area contributed by atoms with E-state index in [4.69, 9.17) is 0 Å². The molecule has 28 heavy (non-hydrogen) atoms. The lowest BCUT2D eigenvalue weighted by Crippen LogP contribution is -2.33. The third-order valence-electron chi connectivity index (χ3n) is 8.26. The van der Waals surface area contributed by atoms with Gasteiger partial charge in [0, 0.05) is 0 Å². The molecule has 0 aromatic heterocycles. The van der Waals surface area contributed by atoms with Crippen molar-refractivity contribution in [2.75, 3.05) is 0 Å². The summed E-state index contributed by atoms with van der Waals surface area (Å²) in [6.45, 7) is 13.8. The first-order valence-electron chi connectivity index (χ1n) is 11.7. The molecule has 0 unspecified atom stereocenters. The van der Waals surface area contributed by atoms with Gasteiger partial charge < -0.3 is 5.11 Å². The van der Waals surface area contributed by atoms with Gasteiger partial charge in [0.2, 0.25) is 0 Å². The number of aliphatic hydroxyl groups excluding tert-OH is 1. The van der Waals surface area contributed by atoms with Crippen molar-refractivity contribution < 1.29 is 5.11 Å². The van der Waals surface area contributed by atoms with Crippen LogP contribution in [0.4, 0.5) is 0 Å². The monoisotopic (exact) mass is 382 g/mol. The van der Waals surface area contributed by atoms with Gasteiger partial charge in [0.15, 0.2) is 0 Å². The molecule has 3 fully saturated rings. The Morgan fingerprint density at radius 1 is 1.14 bits per heavy atom. The Balaban J connectivity index is 1.70. The Morgan fingerprint density at radius 2 is 1.93 bits per heavy atom. The maximum Gasteiger partial charge on any atom is 0.0583 e. The molecule has 0 aromatic rings. The topological polar surface area (TPSA) is 20.2 Å². The molecule has 3 aliphatic rings. The Labute approximate surface area is 173 Å². The summed E-state index contributed by atoms with van der Waals surface area (Å²) >= 11 is 0. The summed E-state index contributed by atoms with van der Waals surface area (Å²) in [5.41, 5.74) is 4.64. The van der Waals surface area contributed by atoms with Crippen molar-refractivity contribution in [1.82, 2.24) is 0 Å². The Hall–Kier alpha value is -1.08. The first-order valence-corrected chi connectivity index (χ1v) is 11.7. The fourth-order valence-corrected chi connectivity index (χ4v) is 5.81. The molecule has 0 bridgehead atoms. The summed E-state index contributed by atoms with van der Waals surface area (Å²) in [6, 6.07) is 0. The van der Waals surface area contributed by atoms with Crippen LogP contribution in [0.15, 0.2) is 47.6 Å². The van der Waals surface area contributed by atoms with Crippen LogP contribution in [-0.4, -0.2) is 11.2 Å². The van der Waals surface area contributed by atoms with Gasteiger partial charge >= 0.3 is 0 Å². The van der Waals surface area contributed by atoms with Crippen LogP contribution < -0.4 is 0 Å². The van der Waals surface area contributed by atoms with Gasteiger partial charge in [0.1, 0.15) is 0 Å². The van der Waals surface area contributed by atoms with E-state index in [0.29, 0.717) is 11.3 Å². The molecule has 3 aliphatic carbocycles. The van der Waals surface area contributed by atoms with E-state index in [0.717, 1.165) is 37.0 Å². The van der Waals surface area contributed by atoms with Crippen LogP contribution in [0.1, 0.15) is 85.5 Å². The summed E-state index contributed by atoms with van der Waals surface area (Å²) in [5.74, 6) is 2.99. The van der Waals surface area contributed by atoms with Crippen LogP contribution in [0.25, 0.3) is 0 Å². The van der Waals surface area contributed by atoms with Crippen molar-refractivity contribution in [3.8, 4) is 0 Å². The van der Waals surface area contributed by atoms with E-state index in [1.54, 1.807) is 5.57 Å². The highest BCUT2D eigenvalue weighted by atomic mass is 16.3. The molecular weight excluding hydrogens is 340 g/mol. The molecule has 0 amide bonds. The van der Waals surface area contributed by atoms with Crippen LogP contribution in [-0.2, 0) is 0 Å². The minimum atomic E-state index is -0.178. The second-order valence-electron chi connectivity index (χ2n) is 10.4. The van der Waals surface area contributed by atoms with Crippen LogP contribution in [0.2, 0.25) is 0 Å². The predicted molar refractivity (Wildman–Crippen MR) is 121 cm³/mol. The van der Waals surface area contributed by atoms with Gasteiger partial charge in [-0.2, -0.15) is 0 Å². The number of hydrogen-bond acceptors (Lipinski definition) is 1. The Morgan fingerprint density at radius 3 is 2.68 bits per heavy atom. The van der Waals surface area contributed by atoms with Crippen molar-refractivity contribution >= 4 is 0 Å². The zero-order chi connectivity index (χ0) is 20.3. The summed E-state index contributed by atoms with van der Waals surface area (Å²) < 4.78 is 0. The van der Waals surface area contributed by atoms with Crippen LogP contribution in [0.5, 0.6) is 0 Å². The van der Waals surface area contributed by atoms with E-state index < -0.39 is 0 Å². The summed E-state index contributed by atoms with van der Waals surface area (Å²) in [5, 5.41) is 10.0. The molecule has 0 heterocycles. The van der Waals surface area contributed by atoms with Crippen molar-refractivity contribution in [3.05, 3.63) is 47.6 Å². The first kappa shape index (κ1) is 21.6. The van der Waals surface area contributed by atoms with Gasteiger partial charge in [-0.05, 0) is 92.4 Å². The molecule has 0 spiro atoms. The number of hydrogen-bond donors (Lipinski definition) is 1. The highest BCUT2D eigenvalue weighted by Crippen LogP contribution is 2.58. The lowest BCUT2D eigenvalue weighted by Gasteiger charge is -2.42. The van der Waals surface area contributed by atoms with E-state index in [1.165, 1.54) is 49.7 Å². The molecule has 0 aromatic carbocycles. The first-order chi connectivity index (χ1) is 13.3. The molecule has 0 radical (unpaired) electrons. The maximum absolute atomic E-state index is 10.0. The number of allylic oxidation sites excluding steroid dienone is 6. The molecule has 5 atom stereocenters. The van der Waals surface area contributed by atoms with Gasteiger partial charge in [0.05, 0.1) is 6.10 Å². The third kappa shape index (κ3) is 4.73. The molecule has 156 valence electrons. The van der Waals surface area contributed by atoms with Crippen molar-refractivity contribution in [2.45, 2.75) is 91.6 Å². The minimum absolute atomic E-state index is 0.178. The van der Waals surface area contributed by atoms with Gasteiger partial charge in [-0.15, -0.1) is 0 Å². The maximum atomic E-state index is 10.0. The smallest absolute Gasteiger partial charge is 0.0583 e. The molecule has 1 heteroatoms. The molecule has 1 N–H and O–H groups in total. The second kappa shape index (κ2) is 9.16. The highest BCUT2D eigenvalue weighted by Gasteiger charge is 2.48. The fourth-order valence-electron chi connectivity index (χ4n) is 5.81. The van der Waals surface area contributed by atoms with Crippen LogP contribution in [0, 0.1) is 29.1 Å². The van der Waals surface area contributed by atoms with Crippen molar-refractivity contribution in [1.29, 1.82) is 0 Å². The van der Waals surface area contributed by atoms with Crippen molar-refractivity contribution in [3.63, 3.8) is 0 Å². The average Bonchev–Trinajstić information content (AvgIpc) is 2.99. The summed E-state index contributed by atoms with van der Waals surface area (Å²) in [7, 11) is 0. The molecular formula is C27H42O. The number of rotatable bonds is 5. The summed E-state index contributed by atoms with van der Waals surface area (Å²) in [4.78, 5) is 0. The van der Waals surface area contributed by atoms with E-state index in [2.05, 4.69) is 58.6 Å². The lowest BCUT2D eigenvalue weighted by atomic mass is 9.63. The standard InChI is InChI=1S/C27H42O/c1-19(2)20(3)8-6-10-24-14-16-26-22(9-7-17-27(24,26)5)12-13-23-18-25(28)15-11-21(23)4/h6,8,12-13,19-20,24-26,28H,4,7,9-11,14-18H2,1-3,5H3/t20-,24-,25-,26-,27+/m0/s1. The van der Waals surface area contributed by atoms with Gasteiger partial charge in [-0.25, -0.2) is 0 Å². The number of fused-ring (bicyclic) bond motifs is 1. The van der Waals surface area contributed by atoms with Crippen LogP contribution in [0.3, 0.4) is 0 Å². The Kier molecular flexibility index (Phi) is 7.07. The molecule has 0 aliphatic heterocycles. The zero-order valence-electron chi connectivity index (χ0n) is 18.7. The van der Waals surface area contributed by atoms with Gasteiger partial charge in [-0.1, -0.05) is 69.7 Å². The Bertz CT molecular complexity index is 649. The van der Waals surface area contributed by atoms with E-state index in [-0.39, 0.29) is 6.10 Å². The quantitative estimate of drug-likeness (QED) is 0.491. The van der Waals surface area contributed by atoms with Crippen molar-refractivity contribution in [2.24, 2.45) is 29.1 Å². The second-order valence-corrected chi connectivity index (χ2v) is 10.4. The average molecular weight is 383 g/mol. The SMILES string of the molecule is C=C1CC[C@H](O)CC1=CC=C1CCC[C@]2(C)[C@@H](CC=C[C@H](C)C(C)C)CC[C@@H]12.